The molecule has 0 spiro atoms. The number of hydrogen-bond acceptors (Lipinski definition) is 5. The Morgan fingerprint density at radius 3 is 2.67 bits per heavy atom. The predicted octanol–water partition coefficient (Wildman–Crippen LogP) is 0.773. The Hall–Kier alpha value is -1.55. The van der Waals surface area contributed by atoms with Gasteiger partial charge in [-0.25, -0.2) is 17.5 Å². The van der Waals surface area contributed by atoms with Gasteiger partial charge in [-0.2, -0.15) is 0 Å². The average Bonchev–Trinajstić information content (AvgIpc) is 2.83. The summed E-state index contributed by atoms with van der Waals surface area (Å²) in [6, 6.07) is 3.94. The first-order chi connectivity index (χ1) is 9.92. The summed E-state index contributed by atoms with van der Waals surface area (Å²) in [4.78, 5) is 12.7. The summed E-state index contributed by atoms with van der Waals surface area (Å²) < 4.78 is 40.2. The summed E-state index contributed by atoms with van der Waals surface area (Å²) >= 11 is 0.934. The highest BCUT2D eigenvalue weighted by Gasteiger charge is 2.19. The fourth-order valence-electron chi connectivity index (χ4n) is 1.73. The van der Waals surface area contributed by atoms with Gasteiger partial charge in [-0.1, -0.05) is 17.4 Å². The maximum Gasteiger partial charge on any atom is 0.304 e. The van der Waals surface area contributed by atoms with Crippen LogP contribution in [0, 0.1) is 5.82 Å². The normalized spacial score (nSPS) is 11.7. The molecular weight excluding hydrogens is 317 g/mol. The molecule has 0 fully saturated rings. The van der Waals surface area contributed by atoms with E-state index in [0.717, 1.165) is 11.3 Å². The molecule has 0 aliphatic rings. The van der Waals surface area contributed by atoms with Crippen LogP contribution in [-0.4, -0.2) is 20.4 Å². The molecule has 0 radical (unpaired) electrons. The summed E-state index contributed by atoms with van der Waals surface area (Å²) in [5.41, 5.74) is 1.08. The van der Waals surface area contributed by atoms with E-state index in [9.17, 15) is 17.6 Å². The minimum Gasteiger partial charge on any atom is -0.316 e. The van der Waals surface area contributed by atoms with Crippen LogP contribution in [0.25, 0.3) is 0 Å². The second-order valence-electron chi connectivity index (χ2n) is 4.29. The smallest absolute Gasteiger partial charge is 0.304 e. The van der Waals surface area contributed by atoms with Gasteiger partial charge < -0.3 is 10.3 Å². The number of sulfonamides is 1. The van der Waals surface area contributed by atoms with Crippen molar-refractivity contribution in [2.45, 2.75) is 18.0 Å². The van der Waals surface area contributed by atoms with Crippen LogP contribution in [-0.2, 0) is 23.1 Å². The number of aromatic amines is 1. The van der Waals surface area contributed by atoms with Crippen LogP contribution in [0.4, 0.5) is 4.39 Å². The Balaban J connectivity index is 2.17. The van der Waals surface area contributed by atoms with Crippen LogP contribution in [0.3, 0.4) is 0 Å². The molecule has 0 bridgehead atoms. The molecule has 0 aliphatic carbocycles. The van der Waals surface area contributed by atoms with Crippen LogP contribution < -0.4 is 14.9 Å². The Bertz CT molecular complexity index is 783. The fraction of sp³-hybridized carbons (Fsp3) is 0.250. The standard InChI is InChI=1S/C12H14FN3O3S2/c1-14-5-8-2-3-11(10(13)4-8)21(18,19)15-6-9-7-20-12(17)16-9/h2-4,7,14-15H,5-6H2,1H3,(H,16,17). The molecule has 2 rings (SSSR count). The molecular formula is C12H14FN3O3S2. The average molecular weight is 331 g/mol. The zero-order valence-corrected chi connectivity index (χ0v) is 12.8. The first-order valence-electron chi connectivity index (χ1n) is 6.02. The minimum atomic E-state index is -3.97. The van der Waals surface area contributed by atoms with Crippen molar-refractivity contribution in [3.05, 3.63) is 50.3 Å². The molecule has 0 unspecified atom stereocenters. The molecule has 0 atom stereocenters. The van der Waals surface area contributed by atoms with Gasteiger partial charge in [-0.15, -0.1) is 0 Å². The van der Waals surface area contributed by atoms with E-state index in [1.807, 2.05) is 0 Å². The largest absolute Gasteiger partial charge is 0.316 e. The molecule has 0 saturated heterocycles. The number of rotatable bonds is 6. The van der Waals surface area contributed by atoms with Crippen molar-refractivity contribution in [1.29, 1.82) is 0 Å². The zero-order chi connectivity index (χ0) is 15.5. The van der Waals surface area contributed by atoms with Crippen molar-refractivity contribution in [3.8, 4) is 0 Å². The fourth-order valence-corrected chi connectivity index (χ4v) is 3.37. The van der Waals surface area contributed by atoms with Gasteiger partial charge >= 0.3 is 4.87 Å². The lowest BCUT2D eigenvalue weighted by Gasteiger charge is -2.08. The highest BCUT2D eigenvalue weighted by Crippen LogP contribution is 2.16. The highest BCUT2D eigenvalue weighted by molar-refractivity contribution is 7.89. The first-order valence-corrected chi connectivity index (χ1v) is 8.38. The van der Waals surface area contributed by atoms with Crippen LogP contribution in [0.1, 0.15) is 11.3 Å². The molecule has 2 aromatic rings. The van der Waals surface area contributed by atoms with Gasteiger partial charge in [-0.05, 0) is 24.7 Å². The van der Waals surface area contributed by atoms with Crippen molar-refractivity contribution in [3.63, 3.8) is 0 Å². The number of benzene rings is 1. The first kappa shape index (κ1) is 15.8. The Kier molecular flexibility index (Phi) is 4.88. The maximum absolute atomic E-state index is 13.9. The van der Waals surface area contributed by atoms with Gasteiger partial charge in [0.1, 0.15) is 10.7 Å². The van der Waals surface area contributed by atoms with Crippen LogP contribution in [0.15, 0.2) is 33.3 Å². The van der Waals surface area contributed by atoms with Gasteiger partial charge in [0.2, 0.25) is 10.0 Å². The molecule has 6 nitrogen and oxygen atoms in total. The van der Waals surface area contributed by atoms with Crippen LogP contribution in [0.5, 0.6) is 0 Å². The van der Waals surface area contributed by atoms with Crippen molar-refractivity contribution in [2.75, 3.05) is 7.05 Å². The van der Waals surface area contributed by atoms with E-state index in [4.69, 9.17) is 0 Å². The Morgan fingerprint density at radius 2 is 2.10 bits per heavy atom. The topological polar surface area (TPSA) is 91.1 Å². The van der Waals surface area contributed by atoms with Gasteiger partial charge in [0.25, 0.3) is 0 Å². The Labute approximate surface area is 125 Å². The molecule has 3 N–H and O–H groups in total. The molecule has 1 aromatic heterocycles. The van der Waals surface area contributed by atoms with E-state index in [0.29, 0.717) is 17.8 Å². The van der Waals surface area contributed by atoms with E-state index in [-0.39, 0.29) is 11.4 Å². The summed E-state index contributed by atoms with van der Waals surface area (Å²) in [5.74, 6) is -0.811. The lowest BCUT2D eigenvalue weighted by molar-refractivity contribution is 0.555. The summed E-state index contributed by atoms with van der Waals surface area (Å²) in [5, 5.41) is 4.37. The number of hydrogen-bond donors (Lipinski definition) is 3. The zero-order valence-electron chi connectivity index (χ0n) is 11.1. The van der Waals surface area contributed by atoms with Gasteiger partial charge in [-0.3, -0.25) is 4.79 Å². The van der Waals surface area contributed by atoms with E-state index >= 15 is 0 Å². The third kappa shape index (κ3) is 3.97. The second-order valence-corrected chi connectivity index (χ2v) is 6.87. The third-order valence-electron chi connectivity index (χ3n) is 2.69. The van der Waals surface area contributed by atoms with Crippen molar-refractivity contribution >= 4 is 21.4 Å². The van der Waals surface area contributed by atoms with Crippen molar-refractivity contribution < 1.29 is 12.8 Å². The number of halogens is 1. The molecule has 9 heteroatoms. The summed E-state index contributed by atoms with van der Waals surface area (Å²) in [6.45, 7) is 0.347. The van der Waals surface area contributed by atoms with E-state index in [2.05, 4.69) is 15.0 Å². The minimum absolute atomic E-state index is 0.0984. The monoisotopic (exact) mass is 331 g/mol. The quantitative estimate of drug-likeness (QED) is 0.729. The summed E-state index contributed by atoms with van der Waals surface area (Å²) in [7, 11) is -2.26. The van der Waals surface area contributed by atoms with Gasteiger partial charge in [0, 0.05) is 17.6 Å². The predicted molar refractivity (Wildman–Crippen MR) is 78.1 cm³/mol. The molecule has 0 aliphatic heterocycles. The lowest BCUT2D eigenvalue weighted by atomic mass is 10.2. The molecule has 0 amide bonds. The second kappa shape index (κ2) is 6.48. The number of H-pyrrole nitrogens is 1. The Morgan fingerprint density at radius 1 is 1.33 bits per heavy atom. The highest BCUT2D eigenvalue weighted by atomic mass is 32.2. The number of thiazole rings is 1. The summed E-state index contributed by atoms with van der Waals surface area (Å²) in [6.07, 6.45) is 0. The van der Waals surface area contributed by atoms with Crippen molar-refractivity contribution in [1.82, 2.24) is 15.0 Å². The molecule has 114 valence electrons. The van der Waals surface area contributed by atoms with E-state index in [1.165, 1.54) is 17.5 Å². The number of nitrogens with one attached hydrogen (secondary N) is 3. The van der Waals surface area contributed by atoms with Gasteiger partial charge in [0.05, 0.1) is 6.54 Å². The van der Waals surface area contributed by atoms with Gasteiger partial charge in [0.15, 0.2) is 0 Å². The van der Waals surface area contributed by atoms with E-state index < -0.39 is 20.7 Å². The SMILES string of the molecule is CNCc1ccc(S(=O)(=O)NCc2csc(=O)[nH]2)c(F)c1. The lowest BCUT2D eigenvalue weighted by Crippen LogP contribution is -2.24. The molecule has 0 saturated carbocycles. The molecule has 1 heterocycles. The van der Waals surface area contributed by atoms with E-state index in [1.54, 1.807) is 13.1 Å². The molecule has 21 heavy (non-hydrogen) atoms. The number of aromatic nitrogens is 1. The van der Waals surface area contributed by atoms with Crippen molar-refractivity contribution in [2.24, 2.45) is 0 Å². The van der Waals surface area contributed by atoms with Crippen LogP contribution in [0.2, 0.25) is 0 Å². The maximum atomic E-state index is 13.9. The molecule has 1 aromatic carbocycles. The third-order valence-corrected chi connectivity index (χ3v) is 4.84. The van der Waals surface area contributed by atoms with Crippen LogP contribution >= 0.6 is 11.3 Å².